The molecule has 0 spiro atoms. The van der Waals surface area contributed by atoms with Crippen molar-refractivity contribution in [2.75, 3.05) is 0 Å². The number of aromatic nitrogens is 5. The van der Waals surface area contributed by atoms with E-state index in [1.807, 2.05) is 69.3 Å². The summed E-state index contributed by atoms with van der Waals surface area (Å²) in [7, 11) is 0. The summed E-state index contributed by atoms with van der Waals surface area (Å²) in [4.78, 5) is 39.0. The van der Waals surface area contributed by atoms with Gasteiger partial charge >= 0.3 is 5.76 Å². The molecule has 39 heavy (non-hydrogen) atoms. The number of nitrogens with zero attached hydrogens (tertiary/aromatic N) is 4. The first kappa shape index (κ1) is 26.5. The Hall–Kier alpha value is -4.11. The van der Waals surface area contributed by atoms with Crippen molar-refractivity contribution in [1.82, 2.24) is 24.7 Å². The fourth-order valence-electron chi connectivity index (χ4n) is 4.85. The van der Waals surface area contributed by atoms with Crippen molar-refractivity contribution in [2.24, 2.45) is 0 Å². The molecule has 0 saturated heterocycles. The second kappa shape index (κ2) is 11.3. The Bertz CT molecular complexity index is 1730. The van der Waals surface area contributed by atoms with Gasteiger partial charge in [0.15, 0.2) is 5.82 Å². The predicted octanol–water partition coefficient (Wildman–Crippen LogP) is 5.62. The van der Waals surface area contributed by atoms with Crippen molar-refractivity contribution in [2.45, 2.75) is 59.9 Å². The molecular formula is C30H31N5O3S. The number of aromatic amines is 1. The summed E-state index contributed by atoms with van der Waals surface area (Å²) in [6.45, 7) is 8.45. The van der Waals surface area contributed by atoms with Crippen molar-refractivity contribution in [3.05, 3.63) is 108 Å². The summed E-state index contributed by atoms with van der Waals surface area (Å²) in [5, 5.41) is 4.94. The van der Waals surface area contributed by atoms with Crippen LogP contribution in [0.2, 0.25) is 0 Å². The Balaban J connectivity index is 1.60. The van der Waals surface area contributed by atoms with Gasteiger partial charge in [0.2, 0.25) is 0 Å². The van der Waals surface area contributed by atoms with E-state index in [9.17, 15) is 9.59 Å². The van der Waals surface area contributed by atoms with Crippen molar-refractivity contribution in [3.8, 4) is 22.5 Å². The van der Waals surface area contributed by atoms with Gasteiger partial charge in [-0.15, -0.1) is 11.3 Å². The van der Waals surface area contributed by atoms with Crippen LogP contribution in [0.25, 0.3) is 22.5 Å². The van der Waals surface area contributed by atoms with E-state index < -0.39 is 5.76 Å². The Morgan fingerprint density at radius 2 is 1.79 bits per heavy atom. The summed E-state index contributed by atoms with van der Waals surface area (Å²) in [5.74, 6) is 0.443. The van der Waals surface area contributed by atoms with Crippen molar-refractivity contribution in [3.63, 3.8) is 0 Å². The largest absolute Gasteiger partial charge is 0.439 e. The average Bonchev–Trinajstić information content (AvgIpc) is 3.51. The zero-order valence-electron chi connectivity index (χ0n) is 22.6. The van der Waals surface area contributed by atoms with Crippen LogP contribution in [-0.2, 0) is 19.4 Å². The number of unbranched alkanes of at least 4 members (excludes halogenated alkanes) is 1. The highest BCUT2D eigenvalue weighted by atomic mass is 32.1. The zero-order chi connectivity index (χ0) is 27.5. The van der Waals surface area contributed by atoms with Crippen LogP contribution in [0.5, 0.6) is 0 Å². The number of nitrogens with one attached hydrogen (secondary N) is 1. The molecule has 0 aliphatic heterocycles. The van der Waals surface area contributed by atoms with Crippen molar-refractivity contribution < 1.29 is 4.52 Å². The lowest BCUT2D eigenvalue weighted by Gasteiger charge is -2.16. The number of hydrogen-bond acceptors (Lipinski definition) is 7. The van der Waals surface area contributed by atoms with Crippen molar-refractivity contribution in [1.29, 1.82) is 0 Å². The number of H-pyrrole nitrogens is 1. The van der Waals surface area contributed by atoms with Gasteiger partial charge in [0.25, 0.3) is 5.56 Å². The molecule has 3 heterocycles. The monoisotopic (exact) mass is 541 g/mol. The van der Waals surface area contributed by atoms with Gasteiger partial charge in [-0.2, -0.15) is 0 Å². The molecular weight excluding hydrogens is 510 g/mol. The van der Waals surface area contributed by atoms with E-state index in [0.717, 1.165) is 62.8 Å². The fourth-order valence-corrected chi connectivity index (χ4v) is 5.78. The predicted molar refractivity (Wildman–Crippen MR) is 153 cm³/mol. The van der Waals surface area contributed by atoms with Crippen LogP contribution in [-0.4, -0.2) is 24.7 Å². The lowest BCUT2D eigenvalue weighted by molar-refractivity contribution is 0.388. The molecule has 0 bridgehead atoms. The normalized spacial score (nSPS) is 11.3. The Labute approximate surface area is 230 Å². The highest BCUT2D eigenvalue weighted by Crippen LogP contribution is 2.31. The third-order valence-electron chi connectivity index (χ3n) is 6.85. The van der Waals surface area contributed by atoms with Crippen LogP contribution in [0.3, 0.4) is 0 Å². The lowest BCUT2D eigenvalue weighted by atomic mass is 9.94. The van der Waals surface area contributed by atoms with E-state index >= 15 is 0 Å². The Morgan fingerprint density at radius 3 is 2.46 bits per heavy atom. The maximum Gasteiger partial charge on any atom is 0.439 e. The molecule has 0 atom stereocenters. The van der Waals surface area contributed by atoms with Crippen LogP contribution >= 0.6 is 11.3 Å². The summed E-state index contributed by atoms with van der Waals surface area (Å²) < 4.78 is 6.58. The number of hydrogen-bond donors (Lipinski definition) is 1. The van der Waals surface area contributed by atoms with Gasteiger partial charge in [-0.05, 0) is 56.4 Å². The minimum absolute atomic E-state index is 0.0254. The molecule has 1 N–H and O–H groups in total. The van der Waals surface area contributed by atoms with Gasteiger partial charge in [-0.25, -0.2) is 14.8 Å². The first-order valence-corrected chi connectivity index (χ1v) is 13.9. The summed E-state index contributed by atoms with van der Waals surface area (Å²) in [6.07, 6.45) is 3.12. The molecule has 200 valence electrons. The van der Waals surface area contributed by atoms with Crippen LogP contribution in [0.1, 0.15) is 58.0 Å². The van der Waals surface area contributed by atoms with Crippen LogP contribution in [0.15, 0.2) is 62.6 Å². The van der Waals surface area contributed by atoms with E-state index in [1.165, 1.54) is 0 Å². The molecule has 0 fully saturated rings. The molecule has 0 saturated carbocycles. The fraction of sp³-hybridized carbons (Fsp3) is 0.300. The first-order chi connectivity index (χ1) is 18.8. The van der Waals surface area contributed by atoms with Gasteiger partial charge < -0.3 is 0 Å². The van der Waals surface area contributed by atoms with E-state index in [0.29, 0.717) is 30.2 Å². The second-order valence-electron chi connectivity index (χ2n) is 9.69. The SMILES string of the molecule is CCCCc1nc(C)n(Cc2sc(C)nc2C)c(=O)c1Cc1ccc(-c2ccccc2)c(-c2noc(=O)[nH]2)c1. The topological polar surface area (TPSA) is 107 Å². The second-order valence-corrected chi connectivity index (χ2v) is 11.0. The lowest BCUT2D eigenvalue weighted by Crippen LogP contribution is -2.30. The molecule has 0 radical (unpaired) electrons. The van der Waals surface area contributed by atoms with E-state index in [-0.39, 0.29) is 5.56 Å². The molecule has 0 aliphatic carbocycles. The third-order valence-corrected chi connectivity index (χ3v) is 7.91. The molecule has 0 unspecified atom stereocenters. The molecule has 8 nitrogen and oxygen atoms in total. The molecule has 0 aliphatic rings. The first-order valence-electron chi connectivity index (χ1n) is 13.1. The standard InChI is InChI=1S/C30H31N5O3S/c1-5-6-12-26-25(29(36)35(19(3)32-26)17-27-18(2)31-20(4)39-27)16-21-13-14-23(22-10-8-7-9-11-22)24(15-21)28-33-30(37)38-34-28/h7-11,13-15H,5-6,12,16-17H2,1-4H3,(H,33,34,37). The van der Waals surface area contributed by atoms with Crippen LogP contribution in [0, 0.1) is 20.8 Å². The van der Waals surface area contributed by atoms with Gasteiger partial charge in [-0.3, -0.25) is 18.9 Å². The minimum Gasteiger partial charge on any atom is -0.296 e. The van der Waals surface area contributed by atoms with E-state index in [4.69, 9.17) is 9.51 Å². The number of benzene rings is 2. The van der Waals surface area contributed by atoms with Gasteiger partial charge in [-0.1, -0.05) is 61.0 Å². The van der Waals surface area contributed by atoms with E-state index in [2.05, 4.69) is 22.0 Å². The van der Waals surface area contributed by atoms with Gasteiger partial charge in [0, 0.05) is 22.4 Å². The van der Waals surface area contributed by atoms with Gasteiger partial charge in [0.05, 0.1) is 22.9 Å². The van der Waals surface area contributed by atoms with E-state index in [1.54, 1.807) is 15.9 Å². The molecule has 0 amide bonds. The summed E-state index contributed by atoms with van der Waals surface area (Å²) in [5.41, 5.74) is 6.01. The molecule has 9 heteroatoms. The van der Waals surface area contributed by atoms with Crippen LogP contribution in [0.4, 0.5) is 0 Å². The summed E-state index contributed by atoms with van der Waals surface area (Å²) in [6, 6.07) is 15.9. The van der Waals surface area contributed by atoms with Crippen molar-refractivity contribution >= 4 is 11.3 Å². The zero-order valence-corrected chi connectivity index (χ0v) is 23.4. The summed E-state index contributed by atoms with van der Waals surface area (Å²) >= 11 is 1.61. The molecule has 2 aromatic carbocycles. The highest BCUT2D eigenvalue weighted by molar-refractivity contribution is 7.11. The maximum atomic E-state index is 14.0. The molecule has 3 aromatic heterocycles. The smallest absolute Gasteiger partial charge is 0.296 e. The Morgan fingerprint density at radius 1 is 1.00 bits per heavy atom. The van der Waals surface area contributed by atoms with Crippen LogP contribution < -0.4 is 11.3 Å². The number of thiazole rings is 1. The Kier molecular flexibility index (Phi) is 7.70. The number of rotatable bonds is 9. The maximum absolute atomic E-state index is 14.0. The average molecular weight is 542 g/mol. The highest BCUT2D eigenvalue weighted by Gasteiger charge is 2.19. The quantitative estimate of drug-likeness (QED) is 0.260. The minimum atomic E-state index is -0.615. The molecule has 5 rings (SSSR count). The third kappa shape index (κ3) is 5.68. The molecule has 5 aromatic rings. The number of aryl methyl sites for hydroxylation is 4. The van der Waals surface area contributed by atoms with Gasteiger partial charge in [0.1, 0.15) is 5.82 Å².